The molecule has 0 aromatic carbocycles. The molecule has 0 fully saturated rings. The van der Waals surface area contributed by atoms with Crippen LogP contribution < -0.4 is 5.32 Å². The summed E-state index contributed by atoms with van der Waals surface area (Å²) in [5.74, 6) is 0. The Morgan fingerprint density at radius 1 is 0.857 bits per heavy atom. The average Bonchev–Trinajstić information content (AvgIpc) is 1.27. The monoisotopic (exact) mass is 116 g/mol. The summed E-state index contributed by atoms with van der Waals surface area (Å²) in [6.45, 7) is -6.50. The van der Waals surface area contributed by atoms with E-state index in [0.717, 1.165) is 0 Å². The third-order valence-electron chi connectivity index (χ3n) is 0.225. The molecule has 0 rings (SSSR count). The van der Waals surface area contributed by atoms with Crippen LogP contribution in [0.15, 0.2) is 0 Å². The molecule has 0 aliphatic carbocycles. The van der Waals surface area contributed by atoms with Crippen LogP contribution in [0.1, 0.15) is 0 Å². The SMILES string of the molecule is FC(F)[N]C(F)F. The summed E-state index contributed by atoms with van der Waals surface area (Å²) in [4.78, 5) is 0. The van der Waals surface area contributed by atoms with Crippen LogP contribution in [0.2, 0.25) is 0 Å². The molecule has 0 bridgehead atoms. The second-order valence-corrected chi connectivity index (χ2v) is 0.704. The highest BCUT2D eigenvalue weighted by atomic mass is 19.3. The van der Waals surface area contributed by atoms with Crippen LogP contribution in [0, 0.1) is 0 Å². The lowest BCUT2D eigenvalue weighted by molar-refractivity contribution is -0.00184. The summed E-state index contributed by atoms with van der Waals surface area (Å²) < 4.78 is 42.6. The van der Waals surface area contributed by atoms with E-state index in [0.29, 0.717) is 0 Å². The van der Waals surface area contributed by atoms with Gasteiger partial charge in [-0.2, -0.15) is 17.6 Å². The van der Waals surface area contributed by atoms with E-state index >= 15 is 0 Å². The van der Waals surface area contributed by atoms with E-state index in [-0.39, 0.29) is 0 Å². The lowest BCUT2D eigenvalue weighted by Crippen LogP contribution is -2.16. The summed E-state index contributed by atoms with van der Waals surface area (Å²) in [7, 11) is 0. The highest BCUT2D eigenvalue weighted by Gasteiger charge is 2.10. The van der Waals surface area contributed by atoms with Gasteiger partial charge in [0.2, 0.25) is 0 Å². The van der Waals surface area contributed by atoms with Gasteiger partial charge in [-0.3, -0.25) is 0 Å². The predicted molar refractivity (Wildman–Crippen MR) is 14.1 cm³/mol. The fourth-order valence-electron chi connectivity index (χ4n) is 0.0852. The zero-order chi connectivity index (χ0) is 5.86. The smallest absolute Gasteiger partial charge is 0.190 e. The Morgan fingerprint density at radius 2 is 1.14 bits per heavy atom. The second kappa shape index (κ2) is 2.79. The van der Waals surface area contributed by atoms with E-state index in [4.69, 9.17) is 0 Å². The maximum absolute atomic E-state index is 10.6. The third kappa shape index (κ3) is 5.68. The van der Waals surface area contributed by atoms with E-state index in [1.165, 1.54) is 0 Å². The molecule has 0 saturated carbocycles. The van der Waals surface area contributed by atoms with Gasteiger partial charge in [0.05, 0.1) is 0 Å². The fraction of sp³-hybridized carbons (Fsp3) is 1.00. The number of nitrogens with zero attached hydrogens (tertiary/aromatic N) is 1. The molecule has 0 amide bonds. The number of hydrogen-bond donors (Lipinski definition) is 0. The third-order valence-corrected chi connectivity index (χ3v) is 0.225. The van der Waals surface area contributed by atoms with Crippen molar-refractivity contribution in [1.82, 2.24) is 5.32 Å². The molecule has 0 heterocycles. The molecule has 43 valence electrons. The van der Waals surface area contributed by atoms with Gasteiger partial charge in [0.25, 0.3) is 0 Å². The van der Waals surface area contributed by atoms with E-state index in [1.54, 1.807) is 5.32 Å². The molecule has 0 aliphatic rings. The average molecular weight is 116 g/mol. The van der Waals surface area contributed by atoms with Crippen molar-refractivity contribution in [3.63, 3.8) is 0 Å². The first-order valence-electron chi connectivity index (χ1n) is 1.39. The first-order chi connectivity index (χ1) is 3.13. The van der Waals surface area contributed by atoms with Crippen LogP contribution in [0.3, 0.4) is 0 Å². The van der Waals surface area contributed by atoms with Crippen molar-refractivity contribution >= 4 is 0 Å². The van der Waals surface area contributed by atoms with Gasteiger partial charge < -0.3 is 0 Å². The Labute approximate surface area is 37.3 Å². The normalized spacial score (nSPS) is 11.1. The highest BCUT2D eigenvalue weighted by molar-refractivity contribution is 4.29. The highest BCUT2D eigenvalue weighted by Crippen LogP contribution is 1.94. The molecule has 0 spiro atoms. The van der Waals surface area contributed by atoms with Crippen molar-refractivity contribution in [2.45, 2.75) is 13.1 Å². The zero-order valence-electron chi connectivity index (χ0n) is 3.11. The minimum atomic E-state index is -3.25. The number of hydrogen-bond acceptors (Lipinski definition) is 0. The van der Waals surface area contributed by atoms with Crippen molar-refractivity contribution in [2.75, 3.05) is 0 Å². The summed E-state index contributed by atoms with van der Waals surface area (Å²) >= 11 is 0. The van der Waals surface area contributed by atoms with Gasteiger partial charge in [0, 0.05) is 0 Å². The Kier molecular flexibility index (Phi) is 2.66. The van der Waals surface area contributed by atoms with Crippen molar-refractivity contribution in [3.05, 3.63) is 0 Å². The van der Waals surface area contributed by atoms with Crippen molar-refractivity contribution < 1.29 is 17.6 Å². The molecule has 0 saturated heterocycles. The molecular formula is C2H2F4N. The summed E-state index contributed by atoms with van der Waals surface area (Å²) in [6, 6.07) is 0. The van der Waals surface area contributed by atoms with Crippen LogP contribution >= 0.6 is 0 Å². The molecule has 0 aromatic rings. The van der Waals surface area contributed by atoms with Crippen LogP contribution in [0.25, 0.3) is 0 Å². The van der Waals surface area contributed by atoms with Gasteiger partial charge in [-0.1, -0.05) is 0 Å². The first kappa shape index (κ1) is 6.68. The van der Waals surface area contributed by atoms with Crippen molar-refractivity contribution in [2.24, 2.45) is 0 Å². The molecule has 0 unspecified atom stereocenters. The summed E-state index contributed by atoms with van der Waals surface area (Å²) in [6.07, 6.45) is 0. The van der Waals surface area contributed by atoms with Crippen molar-refractivity contribution in [1.29, 1.82) is 0 Å². The molecule has 7 heavy (non-hydrogen) atoms. The Morgan fingerprint density at radius 3 is 1.14 bits per heavy atom. The maximum atomic E-state index is 10.6. The van der Waals surface area contributed by atoms with Gasteiger partial charge in [-0.25, -0.2) is 0 Å². The molecular weight excluding hydrogens is 114 g/mol. The Balaban J connectivity index is 2.95. The lowest BCUT2D eigenvalue weighted by Gasteiger charge is -1.93. The standard InChI is InChI=1S/C2H2F4N/c3-1(4)7-2(5)6/h1-2H. The fourth-order valence-corrected chi connectivity index (χ4v) is 0.0852. The van der Waals surface area contributed by atoms with Gasteiger partial charge in [0.15, 0.2) is 0 Å². The molecule has 0 aromatic heterocycles. The van der Waals surface area contributed by atoms with E-state index in [9.17, 15) is 17.6 Å². The molecule has 0 aliphatic heterocycles. The van der Waals surface area contributed by atoms with E-state index < -0.39 is 13.1 Å². The molecule has 5 heteroatoms. The van der Waals surface area contributed by atoms with Crippen LogP contribution in [0.4, 0.5) is 17.6 Å². The van der Waals surface area contributed by atoms with E-state index in [1.807, 2.05) is 0 Å². The molecule has 0 atom stereocenters. The van der Waals surface area contributed by atoms with Gasteiger partial charge in [-0.05, 0) is 0 Å². The van der Waals surface area contributed by atoms with E-state index in [2.05, 4.69) is 0 Å². The lowest BCUT2D eigenvalue weighted by atomic mass is 11.1. The first-order valence-corrected chi connectivity index (χ1v) is 1.39. The quantitative estimate of drug-likeness (QED) is 0.378. The Bertz CT molecular complexity index is 39.0. The van der Waals surface area contributed by atoms with Crippen LogP contribution in [-0.2, 0) is 0 Å². The van der Waals surface area contributed by atoms with Gasteiger partial charge in [0.1, 0.15) is 0 Å². The summed E-state index contributed by atoms with van der Waals surface area (Å²) in [5.41, 5.74) is 0. The minimum absolute atomic E-state index is 1.61. The predicted octanol–water partition coefficient (Wildman–Crippen LogP) is 1.04. The van der Waals surface area contributed by atoms with Gasteiger partial charge >= 0.3 is 13.1 Å². The minimum Gasteiger partial charge on any atom is -0.190 e. The number of rotatable bonds is 2. The maximum Gasteiger partial charge on any atom is 0.312 e. The second-order valence-electron chi connectivity index (χ2n) is 0.704. The Hall–Kier alpha value is -0.320. The number of halogens is 4. The number of alkyl halides is 4. The molecule has 0 N–H and O–H groups in total. The summed E-state index contributed by atoms with van der Waals surface area (Å²) in [5, 5.41) is 1.61. The topological polar surface area (TPSA) is 14.1 Å². The van der Waals surface area contributed by atoms with Crippen LogP contribution in [-0.4, -0.2) is 13.1 Å². The van der Waals surface area contributed by atoms with Crippen LogP contribution in [0.5, 0.6) is 0 Å². The molecule has 1 nitrogen and oxygen atoms in total. The molecule has 1 radical (unpaired) electrons. The largest absolute Gasteiger partial charge is 0.312 e. The van der Waals surface area contributed by atoms with Gasteiger partial charge in [-0.15, -0.1) is 5.32 Å². The van der Waals surface area contributed by atoms with Crippen molar-refractivity contribution in [3.8, 4) is 0 Å². The zero-order valence-corrected chi connectivity index (χ0v) is 3.11.